The Labute approximate surface area is 143 Å². The Morgan fingerprint density at radius 3 is 2.42 bits per heavy atom. The highest BCUT2D eigenvalue weighted by Gasteiger charge is 2.51. The summed E-state index contributed by atoms with van der Waals surface area (Å²) in [7, 11) is 0. The Morgan fingerprint density at radius 2 is 1.83 bits per heavy atom. The molecule has 0 amide bonds. The van der Waals surface area contributed by atoms with Crippen molar-refractivity contribution in [3.63, 3.8) is 0 Å². The highest BCUT2D eigenvalue weighted by Crippen LogP contribution is 2.55. The lowest BCUT2D eigenvalue weighted by Gasteiger charge is -2.57. The Balaban J connectivity index is 1.38. The van der Waals surface area contributed by atoms with Gasteiger partial charge in [-0.3, -0.25) is 0 Å². The maximum atomic E-state index is 14.5. The first-order valence-corrected chi connectivity index (χ1v) is 9.14. The largest absolute Gasteiger partial charge is 0.380 e. The van der Waals surface area contributed by atoms with Crippen molar-refractivity contribution in [2.24, 2.45) is 11.1 Å². The van der Waals surface area contributed by atoms with Crippen LogP contribution in [0.25, 0.3) is 0 Å². The molecule has 3 fully saturated rings. The van der Waals surface area contributed by atoms with E-state index in [0.29, 0.717) is 23.2 Å². The van der Waals surface area contributed by atoms with Crippen LogP contribution in [0.4, 0.5) is 15.8 Å². The summed E-state index contributed by atoms with van der Waals surface area (Å²) in [5.41, 5.74) is 7.93. The topological polar surface area (TPSA) is 50.5 Å². The lowest BCUT2D eigenvalue weighted by molar-refractivity contribution is -0.00523. The van der Waals surface area contributed by atoms with E-state index >= 15 is 0 Å². The Hall–Kier alpha value is -1.33. The van der Waals surface area contributed by atoms with Crippen LogP contribution < -0.4 is 16.0 Å². The van der Waals surface area contributed by atoms with Crippen molar-refractivity contribution in [3.05, 3.63) is 24.0 Å². The summed E-state index contributed by atoms with van der Waals surface area (Å²) in [5, 5.41) is 3.37. The van der Waals surface area contributed by atoms with Crippen LogP contribution in [-0.4, -0.2) is 37.4 Å². The molecule has 2 unspecified atom stereocenters. The number of rotatable bonds is 3. The summed E-state index contributed by atoms with van der Waals surface area (Å²) >= 11 is 0. The molecule has 1 saturated heterocycles. The van der Waals surface area contributed by atoms with Crippen molar-refractivity contribution in [2.75, 3.05) is 23.3 Å². The highest BCUT2D eigenvalue weighted by molar-refractivity contribution is 5.57. The maximum absolute atomic E-state index is 14.5. The fraction of sp³-hybridized carbons (Fsp3) is 0.684. The van der Waals surface area contributed by atoms with Crippen molar-refractivity contribution in [1.82, 2.24) is 0 Å². The summed E-state index contributed by atoms with van der Waals surface area (Å²) in [4.78, 5) is 2.21. The van der Waals surface area contributed by atoms with Crippen molar-refractivity contribution >= 4 is 11.4 Å². The lowest BCUT2D eigenvalue weighted by atomic mass is 9.52. The molecule has 2 aliphatic carbocycles. The number of morpholine rings is 1. The SMILES string of the molecule is CC1CN(c2ccc(NC3CC4(CC(N)C4)C3)c(F)c2)CC(C)O1. The minimum absolute atomic E-state index is 0.162. The molecule has 2 saturated carbocycles. The monoisotopic (exact) mass is 333 g/mol. The van der Waals surface area contributed by atoms with Crippen LogP contribution in [0.5, 0.6) is 0 Å². The number of hydrogen-bond acceptors (Lipinski definition) is 4. The molecule has 132 valence electrons. The van der Waals surface area contributed by atoms with Gasteiger partial charge in [0.05, 0.1) is 17.9 Å². The molecular formula is C19H28FN3O. The molecule has 2 atom stereocenters. The third-order valence-corrected chi connectivity index (χ3v) is 5.85. The summed E-state index contributed by atoms with van der Waals surface area (Å²) < 4.78 is 20.3. The van der Waals surface area contributed by atoms with Crippen LogP contribution >= 0.6 is 0 Å². The van der Waals surface area contributed by atoms with E-state index in [1.165, 1.54) is 0 Å². The molecule has 4 rings (SSSR count). The summed E-state index contributed by atoms with van der Waals surface area (Å²) in [5.74, 6) is -0.162. The van der Waals surface area contributed by atoms with Crippen LogP contribution in [0, 0.1) is 11.2 Å². The van der Waals surface area contributed by atoms with Crippen molar-refractivity contribution in [2.45, 2.75) is 63.8 Å². The molecule has 1 heterocycles. The Morgan fingerprint density at radius 1 is 1.17 bits per heavy atom. The second-order valence-corrected chi connectivity index (χ2v) is 8.24. The number of halogens is 1. The summed E-state index contributed by atoms with van der Waals surface area (Å²) in [6.07, 6.45) is 4.88. The average Bonchev–Trinajstić information content (AvgIpc) is 2.44. The van der Waals surface area contributed by atoms with Gasteiger partial charge in [0.25, 0.3) is 0 Å². The van der Waals surface area contributed by atoms with E-state index in [9.17, 15) is 4.39 Å². The molecule has 1 aromatic carbocycles. The highest BCUT2D eigenvalue weighted by atomic mass is 19.1. The zero-order chi connectivity index (χ0) is 16.9. The number of nitrogens with one attached hydrogen (secondary N) is 1. The fourth-order valence-electron chi connectivity index (χ4n) is 4.90. The molecule has 0 aromatic heterocycles. The molecule has 0 bridgehead atoms. The van der Waals surface area contributed by atoms with Crippen molar-refractivity contribution in [3.8, 4) is 0 Å². The van der Waals surface area contributed by atoms with Gasteiger partial charge in [-0.1, -0.05) is 0 Å². The van der Waals surface area contributed by atoms with Gasteiger partial charge in [-0.25, -0.2) is 4.39 Å². The van der Waals surface area contributed by atoms with Gasteiger partial charge >= 0.3 is 0 Å². The third kappa shape index (κ3) is 3.00. The van der Waals surface area contributed by atoms with Gasteiger partial charge in [-0.2, -0.15) is 0 Å². The molecule has 24 heavy (non-hydrogen) atoms. The second-order valence-electron chi connectivity index (χ2n) is 8.24. The fourth-order valence-corrected chi connectivity index (χ4v) is 4.90. The van der Waals surface area contributed by atoms with E-state index < -0.39 is 0 Å². The molecule has 1 aliphatic heterocycles. The minimum Gasteiger partial charge on any atom is -0.380 e. The number of benzene rings is 1. The zero-order valence-corrected chi connectivity index (χ0v) is 14.6. The van der Waals surface area contributed by atoms with Gasteiger partial charge < -0.3 is 20.7 Å². The van der Waals surface area contributed by atoms with Crippen LogP contribution in [0.3, 0.4) is 0 Å². The normalized spacial score (nSPS) is 38.6. The van der Waals surface area contributed by atoms with Gasteiger partial charge in [0, 0.05) is 30.9 Å². The lowest BCUT2D eigenvalue weighted by Crippen LogP contribution is -2.57. The molecule has 1 aromatic rings. The second kappa shape index (κ2) is 5.88. The molecule has 3 N–H and O–H groups in total. The van der Waals surface area contributed by atoms with Gasteiger partial charge in [0.1, 0.15) is 5.82 Å². The van der Waals surface area contributed by atoms with Crippen LogP contribution in [0.2, 0.25) is 0 Å². The zero-order valence-electron chi connectivity index (χ0n) is 14.6. The quantitative estimate of drug-likeness (QED) is 0.892. The third-order valence-electron chi connectivity index (χ3n) is 5.85. The van der Waals surface area contributed by atoms with Gasteiger partial charge in [0.15, 0.2) is 0 Å². The maximum Gasteiger partial charge on any atom is 0.148 e. The Kier molecular flexibility index (Phi) is 3.96. The molecule has 5 heteroatoms. The standard InChI is InChI=1S/C19H28FN3O/c1-12-10-23(11-13(2)24-12)16-3-4-18(17(20)5-16)22-15-8-19(9-15)6-14(21)7-19/h3-5,12-15,22H,6-11,21H2,1-2H3. The van der Waals surface area contributed by atoms with Gasteiger partial charge in [-0.05, 0) is 63.1 Å². The first kappa shape index (κ1) is 16.2. The number of nitrogens with zero attached hydrogens (tertiary/aromatic N) is 1. The molecule has 0 radical (unpaired) electrons. The first-order chi connectivity index (χ1) is 11.4. The minimum atomic E-state index is -0.162. The van der Waals surface area contributed by atoms with Crippen LogP contribution in [-0.2, 0) is 4.74 Å². The average molecular weight is 333 g/mol. The van der Waals surface area contributed by atoms with E-state index in [4.69, 9.17) is 10.5 Å². The molecule has 1 spiro atoms. The van der Waals surface area contributed by atoms with Crippen LogP contribution in [0.15, 0.2) is 18.2 Å². The van der Waals surface area contributed by atoms with E-state index in [0.717, 1.165) is 44.5 Å². The smallest absolute Gasteiger partial charge is 0.148 e. The number of nitrogens with two attached hydrogens (primary N) is 1. The van der Waals surface area contributed by atoms with Crippen molar-refractivity contribution in [1.29, 1.82) is 0 Å². The molecule has 3 aliphatic rings. The van der Waals surface area contributed by atoms with Crippen molar-refractivity contribution < 1.29 is 9.13 Å². The predicted molar refractivity (Wildman–Crippen MR) is 94.9 cm³/mol. The first-order valence-electron chi connectivity index (χ1n) is 9.14. The van der Waals surface area contributed by atoms with E-state index in [-0.39, 0.29) is 18.0 Å². The summed E-state index contributed by atoms with van der Waals surface area (Å²) in [6, 6.07) is 6.33. The predicted octanol–water partition coefficient (Wildman–Crippen LogP) is 3.12. The van der Waals surface area contributed by atoms with Gasteiger partial charge in [-0.15, -0.1) is 0 Å². The van der Waals surface area contributed by atoms with Crippen LogP contribution in [0.1, 0.15) is 39.5 Å². The number of anilines is 2. The molecule has 4 nitrogen and oxygen atoms in total. The van der Waals surface area contributed by atoms with E-state index in [1.807, 2.05) is 12.1 Å². The Bertz CT molecular complexity index is 599. The number of ether oxygens (including phenoxy) is 1. The van der Waals surface area contributed by atoms with E-state index in [2.05, 4.69) is 24.1 Å². The number of hydrogen-bond donors (Lipinski definition) is 2. The molecular weight excluding hydrogens is 305 g/mol. The summed E-state index contributed by atoms with van der Waals surface area (Å²) in [6.45, 7) is 5.74. The van der Waals surface area contributed by atoms with Gasteiger partial charge in [0.2, 0.25) is 0 Å². The van der Waals surface area contributed by atoms with E-state index in [1.54, 1.807) is 6.07 Å².